The molecule has 1 aromatic heterocycles. The predicted octanol–water partition coefficient (Wildman–Crippen LogP) is 4.07. The first-order chi connectivity index (χ1) is 11.0. The number of hydrogen-bond donors (Lipinski definition) is 0. The van der Waals surface area contributed by atoms with Gasteiger partial charge in [-0.25, -0.2) is 13.4 Å². The van der Waals surface area contributed by atoms with Crippen LogP contribution in [0.15, 0.2) is 45.9 Å². The molecule has 8 heteroatoms. The van der Waals surface area contributed by atoms with Crippen molar-refractivity contribution in [1.82, 2.24) is 9.29 Å². The first kappa shape index (κ1) is 16.7. The Balaban J connectivity index is 1.79. The molecular weight excluding hydrogens is 404 g/mol. The third-order valence-electron chi connectivity index (χ3n) is 3.52. The fourth-order valence-corrected chi connectivity index (χ4v) is 4.55. The van der Waals surface area contributed by atoms with Gasteiger partial charge in [0.25, 0.3) is 0 Å². The number of hydrogen-bond acceptors (Lipinski definition) is 4. The molecule has 2 heterocycles. The molecule has 1 saturated heterocycles. The Labute approximate surface area is 148 Å². The summed E-state index contributed by atoms with van der Waals surface area (Å²) in [6.07, 6.45) is 3.13. The average Bonchev–Trinajstić information content (AvgIpc) is 3.06. The Hall–Kier alpha value is -1.15. The summed E-state index contributed by atoms with van der Waals surface area (Å²) in [5.74, 6) is 0.866. The molecule has 0 spiro atoms. The van der Waals surface area contributed by atoms with Gasteiger partial charge >= 0.3 is 0 Å². The van der Waals surface area contributed by atoms with Crippen LogP contribution in [-0.2, 0) is 10.0 Å². The maximum atomic E-state index is 12.4. The molecule has 0 radical (unpaired) electrons. The van der Waals surface area contributed by atoms with Crippen molar-refractivity contribution in [3.8, 4) is 11.6 Å². The number of nitrogens with zero attached hydrogens (tertiary/aromatic N) is 2. The van der Waals surface area contributed by atoms with Crippen molar-refractivity contribution in [3.63, 3.8) is 0 Å². The average molecular weight is 418 g/mol. The molecule has 1 aliphatic heterocycles. The number of sulfonamides is 1. The van der Waals surface area contributed by atoms with Crippen molar-refractivity contribution >= 4 is 37.6 Å². The maximum absolute atomic E-state index is 12.4. The van der Waals surface area contributed by atoms with Gasteiger partial charge in [-0.2, -0.15) is 4.31 Å². The van der Waals surface area contributed by atoms with E-state index in [0.717, 1.165) is 12.8 Å². The van der Waals surface area contributed by atoms with Crippen LogP contribution in [0.4, 0.5) is 0 Å². The topological polar surface area (TPSA) is 59.5 Å². The Bertz CT molecular complexity index is 806. The van der Waals surface area contributed by atoms with Crippen LogP contribution < -0.4 is 4.74 Å². The zero-order valence-corrected chi connectivity index (χ0v) is 15.2. The molecule has 0 bridgehead atoms. The van der Waals surface area contributed by atoms with E-state index in [2.05, 4.69) is 20.9 Å². The van der Waals surface area contributed by atoms with Gasteiger partial charge in [-0.15, -0.1) is 0 Å². The molecule has 0 saturated carbocycles. The second-order valence-electron chi connectivity index (χ2n) is 5.12. The van der Waals surface area contributed by atoms with Crippen LogP contribution >= 0.6 is 27.5 Å². The van der Waals surface area contributed by atoms with Crippen LogP contribution in [0.3, 0.4) is 0 Å². The zero-order valence-electron chi connectivity index (χ0n) is 12.1. The molecule has 122 valence electrons. The van der Waals surface area contributed by atoms with Crippen LogP contribution in [0.2, 0.25) is 5.02 Å². The number of pyridine rings is 1. The maximum Gasteiger partial charge on any atom is 0.244 e. The summed E-state index contributed by atoms with van der Waals surface area (Å²) >= 11 is 9.24. The minimum absolute atomic E-state index is 0.182. The Morgan fingerprint density at radius 3 is 2.52 bits per heavy atom. The standard InChI is InChI=1S/C15H14BrClN2O3S/c16-13-9-11(17)3-5-14(13)22-15-6-4-12(10-18-15)23(20,21)19-7-1-2-8-19/h3-6,9-10H,1-2,7-8H2. The van der Waals surface area contributed by atoms with Gasteiger partial charge in [-0.05, 0) is 53.0 Å². The largest absolute Gasteiger partial charge is 0.438 e. The molecule has 3 rings (SSSR count). The lowest BCUT2D eigenvalue weighted by molar-refractivity contribution is 0.457. The summed E-state index contributed by atoms with van der Waals surface area (Å²) in [4.78, 5) is 4.28. The Morgan fingerprint density at radius 1 is 1.17 bits per heavy atom. The van der Waals surface area contributed by atoms with E-state index in [1.54, 1.807) is 24.3 Å². The van der Waals surface area contributed by atoms with E-state index in [-0.39, 0.29) is 4.90 Å². The van der Waals surface area contributed by atoms with Gasteiger partial charge in [0.2, 0.25) is 15.9 Å². The van der Waals surface area contributed by atoms with E-state index in [9.17, 15) is 8.42 Å². The van der Waals surface area contributed by atoms with Gasteiger partial charge in [0.05, 0.1) is 10.7 Å². The van der Waals surface area contributed by atoms with E-state index >= 15 is 0 Å². The number of aromatic nitrogens is 1. The second kappa shape index (κ2) is 6.76. The third-order valence-corrected chi connectivity index (χ3v) is 6.26. The van der Waals surface area contributed by atoms with Crippen molar-refractivity contribution in [3.05, 3.63) is 46.0 Å². The monoisotopic (exact) mass is 416 g/mol. The van der Waals surface area contributed by atoms with Crippen molar-refractivity contribution in [2.45, 2.75) is 17.7 Å². The summed E-state index contributed by atoms with van der Waals surface area (Å²) in [5, 5.41) is 0.587. The molecule has 1 fully saturated rings. The number of halogens is 2. The molecular formula is C15H14BrClN2O3S. The van der Waals surface area contributed by atoms with Crippen LogP contribution in [0.1, 0.15) is 12.8 Å². The van der Waals surface area contributed by atoms with Gasteiger partial charge in [0.15, 0.2) is 0 Å². The molecule has 1 aliphatic rings. The summed E-state index contributed by atoms with van der Waals surface area (Å²) in [6, 6.07) is 8.18. The van der Waals surface area contributed by atoms with Crippen LogP contribution in [0, 0.1) is 0 Å². The van der Waals surface area contributed by atoms with E-state index in [4.69, 9.17) is 16.3 Å². The summed E-state index contributed by atoms with van der Waals surface area (Å²) in [7, 11) is -3.45. The fourth-order valence-electron chi connectivity index (χ4n) is 2.33. The lowest BCUT2D eigenvalue weighted by atomic mass is 10.3. The summed E-state index contributed by atoms with van der Waals surface area (Å²) < 4.78 is 32.7. The van der Waals surface area contributed by atoms with Crippen molar-refractivity contribution in [1.29, 1.82) is 0 Å². The van der Waals surface area contributed by atoms with Crippen molar-refractivity contribution in [2.24, 2.45) is 0 Å². The van der Waals surface area contributed by atoms with Gasteiger partial charge in [0, 0.05) is 24.2 Å². The minimum atomic E-state index is -3.45. The van der Waals surface area contributed by atoms with Crippen LogP contribution in [0.25, 0.3) is 0 Å². The van der Waals surface area contributed by atoms with E-state index in [1.807, 2.05) is 0 Å². The lowest BCUT2D eigenvalue weighted by Crippen LogP contribution is -2.27. The quantitative estimate of drug-likeness (QED) is 0.752. The molecule has 0 atom stereocenters. The first-order valence-corrected chi connectivity index (χ1v) is 9.67. The summed E-state index contributed by atoms with van der Waals surface area (Å²) in [6.45, 7) is 1.14. The molecule has 2 aromatic rings. The van der Waals surface area contributed by atoms with E-state index < -0.39 is 10.0 Å². The van der Waals surface area contributed by atoms with Gasteiger partial charge < -0.3 is 4.74 Å². The first-order valence-electron chi connectivity index (χ1n) is 7.06. The third kappa shape index (κ3) is 3.68. The number of benzene rings is 1. The predicted molar refractivity (Wildman–Crippen MR) is 91.5 cm³/mol. The number of ether oxygens (including phenoxy) is 1. The van der Waals surface area contributed by atoms with Crippen LogP contribution in [-0.4, -0.2) is 30.8 Å². The molecule has 0 aliphatic carbocycles. The van der Waals surface area contributed by atoms with Gasteiger partial charge in [-0.1, -0.05) is 11.6 Å². The highest BCUT2D eigenvalue weighted by molar-refractivity contribution is 9.10. The van der Waals surface area contributed by atoms with Gasteiger partial charge in [-0.3, -0.25) is 0 Å². The van der Waals surface area contributed by atoms with Crippen LogP contribution in [0.5, 0.6) is 11.6 Å². The molecule has 0 amide bonds. The molecule has 0 unspecified atom stereocenters. The number of rotatable bonds is 4. The molecule has 5 nitrogen and oxygen atoms in total. The second-order valence-corrected chi connectivity index (χ2v) is 8.35. The molecule has 23 heavy (non-hydrogen) atoms. The fraction of sp³-hybridized carbons (Fsp3) is 0.267. The van der Waals surface area contributed by atoms with Gasteiger partial charge in [0.1, 0.15) is 10.6 Å². The molecule has 0 N–H and O–H groups in total. The van der Waals surface area contributed by atoms with E-state index in [0.29, 0.717) is 34.2 Å². The zero-order chi connectivity index (χ0) is 16.4. The summed E-state index contributed by atoms with van der Waals surface area (Å²) in [5.41, 5.74) is 0. The van der Waals surface area contributed by atoms with Crippen molar-refractivity contribution in [2.75, 3.05) is 13.1 Å². The van der Waals surface area contributed by atoms with Crippen molar-refractivity contribution < 1.29 is 13.2 Å². The minimum Gasteiger partial charge on any atom is -0.438 e. The normalized spacial score (nSPS) is 15.7. The highest BCUT2D eigenvalue weighted by Gasteiger charge is 2.27. The Kier molecular flexibility index (Phi) is 4.91. The lowest BCUT2D eigenvalue weighted by Gasteiger charge is -2.15. The van der Waals surface area contributed by atoms with E-state index in [1.165, 1.54) is 16.6 Å². The Morgan fingerprint density at radius 2 is 1.91 bits per heavy atom. The highest BCUT2D eigenvalue weighted by atomic mass is 79.9. The highest BCUT2D eigenvalue weighted by Crippen LogP contribution is 2.31. The molecule has 1 aromatic carbocycles. The smallest absolute Gasteiger partial charge is 0.244 e. The SMILES string of the molecule is O=S(=O)(c1ccc(Oc2ccc(Cl)cc2Br)nc1)N1CCCC1.